The second kappa shape index (κ2) is 6.34. The lowest BCUT2D eigenvalue weighted by atomic mass is 10.1. The van der Waals surface area contributed by atoms with Crippen LogP contribution in [0.25, 0.3) is 0 Å². The normalized spacial score (nSPS) is 10.1. The van der Waals surface area contributed by atoms with Crippen molar-refractivity contribution in [2.75, 3.05) is 12.4 Å². The van der Waals surface area contributed by atoms with Crippen LogP contribution in [0.4, 0.5) is 5.69 Å². The number of ether oxygens (including phenoxy) is 1. The number of pyridine rings is 1. The molecule has 0 fully saturated rings. The standard InChI is InChI=1S/C15H17N3OS/c1-10-3-4-12(15(16)20)13(7-10)18-9-11-5-6-17-14(8-11)19-2/h3-8,18H,9H2,1-2H3,(H2,16,20). The van der Waals surface area contributed by atoms with Crippen molar-refractivity contribution < 1.29 is 4.74 Å². The van der Waals surface area contributed by atoms with Gasteiger partial charge < -0.3 is 15.8 Å². The first-order valence-electron chi connectivity index (χ1n) is 6.23. The molecule has 0 amide bonds. The molecule has 5 heteroatoms. The molecule has 1 aromatic carbocycles. The number of rotatable bonds is 5. The van der Waals surface area contributed by atoms with Gasteiger partial charge in [-0.3, -0.25) is 0 Å². The highest BCUT2D eigenvalue weighted by Gasteiger charge is 2.05. The van der Waals surface area contributed by atoms with E-state index in [1.54, 1.807) is 13.3 Å². The van der Waals surface area contributed by atoms with Crippen LogP contribution in [0.2, 0.25) is 0 Å². The van der Waals surface area contributed by atoms with Crippen molar-refractivity contribution in [1.82, 2.24) is 4.98 Å². The molecule has 1 aromatic heterocycles. The molecule has 0 bridgehead atoms. The Morgan fingerprint density at radius 2 is 2.15 bits per heavy atom. The Bertz CT molecular complexity index is 628. The molecule has 0 aliphatic carbocycles. The van der Waals surface area contributed by atoms with E-state index in [9.17, 15) is 0 Å². The molecule has 0 unspecified atom stereocenters. The molecular formula is C15H17N3OS. The predicted molar refractivity (Wildman–Crippen MR) is 85.2 cm³/mol. The second-order valence-corrected chi connectivity index (χ2v) is 4.91. The topological polar surface area (TPSA) is 60.2 Å². The van der Waals surface area contributed by atoms with Crippen LogP contribution in [0, 0.1) is 6.92 Å². The van der Waals surface area contributed by atoms with Crippen molar-refractivity contribution in [3.05, 3.63) is 53.2 Å². The molecule has 1 heterocycles. The van der Waals surface area contributed by atoms with Crippen molar-refractivity contribution in [3.8, 4) is 5.88 Å². The van der Waals surface area contributed by atoms with Gasteiger partial charge >= 0.3 is 0 Å². The third-order valence-electron chi connectivity index (χ3n) is 2.93. The van der Waals surface area contributed by atoms with E-state index < -0.39 is 0 Å². The molecule has 0 spiro atoms. The van der Waals surface area contributed by atoms with Crippen LogP contribution in [0.15, 0.2) is 36.5 Å². The van der Waals surface area contributed by atoms with Crippen LogP contribution in [0.5, 0.6) is 5.88 Å². The summed E-state index contributed by atoms with van der Waals surface area (Å²) in [6.07, 6.45) is 1.72. The Kier molecular flexibility index (Phi) is 4.53. The molecule has 104 valence electrons. The van der Waals surface area contributed by atoms with E-state index in [0.717, 1.165) is 22.4 Å². The number of nitrogens with zero attached hydrogens (tertiary/aromatic N) is 1. The fraction of sp³-hybridized carbons (Fsp3) is 0.200. The largest absolute Gasteiger partial charge is 0.481 e. The highest BCUT2D eigenvalue weighted by atomic mass is 32.1. The van der Waals surface area contributed by atoms with Crippen LogP contribution in [0.1, 0.15) is 16.7 Å². The van der Waals surface area contributed by atoms with Crippen LogP contribution in [-0.4, -0.2) is 17.1 Å². The number of anilines is 1. The van der Waals surface area contributed by atoms with Gasteiger partial charge in [-0.2, -0.15) is 0 Å². The van der Waals surface area contributed by atoms with Gasteiger partial charge in [-0.05, 0) is 36.2 Å². The number of nitrogens with two attached hydrogens (primary N) is 1. The Labute approximate surface area is 124 Å². The molecule has 0 saturated heterocycles. The third kappa shape index (κ3) is 3.45. The summed E-state index contributed by atoms with van der Waals surface area (Å²) in [7, 11) is 1.60. The van der Waals surface area contributed by atoms with E-state index in [1.165, 1.54) is 0 Å². The Morgan fingerprint density at radius 1 is 1.35 bits per heavy atom. The molecule has 4 nitrogen and oxygen atoms in total. The van der Waals surface area contributed by atoms with Gasteiger partial charge in [-0.25, -0.2) is 4.98 Å². The van der Waals surface area contributed by atoms with E-state index in [2.05, 4.69) is 10.3 Å². The molecule has 2 rings (SSSR count). The first-order valence-corrected chi connectivity index (χ1v) is 6.64. The van der Waals surface area contributed by atoms with E-state index in [0.29, 0.717) is 17.4 Å². The van der Waals surface area contributed by atoms with Crippen molar-refractivity contribution in [3.63, 3.8) is 0 Å². The highest BCUT2D eigenvalue weighted by Crippen LogP contribution is 2.19. The smallest absolute Gasteiger partial charge is 0.213 e. The van der Waals surface area contributed by atoms with Crippen molar-refractivity contribution >= 4 is 22.9 Å². The van der Waals surface area contributed by atoms with Crippen LogP contribution < -0.4 is 15.8 Å². The summed E-state index contributed by atoms with van der Waals surface area (Å²) < 4.78 is 5.11. The van der Waals surface area contributed by atoms with Crippen LogP contribution >= 0.6 is 12.2 Å². The molecule has 20 heavy (non-hydrogen) atoms. The average Bonchev–Trinajstić information content (AvgIpc) is 2.45. The SMILES string of the molecule is COc1cc(CNc2cc(C)ccc2C(N)=S)ccn1. The van der Waals surface area contributed by atoms with E-state index in [4.69, 9.17) is 22.7 Å². The summed E-state index contributed by atoms with van der Waals surface area (Å²) >= 11 is 5.07. The lowest BCUT2D eigenvalue weighted by Gasteiger charge is -2.12. The molecule has 3 N–H and O–H groups in total. The summed E-state index contributed by atoms with van der Waals surface area (Å²) in [5.41, 5.74) is 9.76. The summed E-state index contributed by atoms with van der Waals surface area (Å²) in [6.45, 7) is 2.68. The van der Waals surface area contributed by atoms with Gasteiger partial charge in [0.05, 0.1) is 7.11 Å². The number of methoxy groups -OCH3 is 1. The van der Waals surface area contributed by atoms with Gasteiger partial charge in [-0.1, -0.05) is 18.3 Å². The first kappa shape index (κ1) is 14.3. The summed E-state index contributed by atoms with van der Waals surface area (Å²) in [5, 5.41) is 3.35. The van der Waals surface area contributed by atoms with Crippen molar-refractivity contribution in [2.45, 2.75) is 13.5 Å². The number of nitrogens with one attached hydrogen (secondary N) is 1. The Balaban J connectivity index is 2.17. The predicted octanol–water partition coefficient (Wildman–Crippen LogP) is 2.64. The Morgan fingerprint density at radius 3 is 2.85 bits per heavy atom. The molecular weight excluding hydrogens is 270 g/mol. The number of aromatic nitrogens is 1. The van der Waals surface area contributed by atoms with Crippen molar-refractivity contribution in [2.24, 2.45) is 5.73 Å². The monoisotopic (exact) mass is 287 g/mol. The first-order chi connectivity index (χ1) is 9.60. The Hall–Kier alpha value is -2.14. The minimum atomic E-state index is 0.389. The fourth-order valence-electron chi connectivity index (χ4n) is 1.89. The number of aryl methyl sites for hydroxylation is 1. The van der Waals surface area contributed by atoms with Gasteiger partial charge in [0.25, 0.3) is 0 Å². The summed E-state index contributed by atoms with van der Waals surface area (Å²) in [5.74, 6) is 0.600. The highest BCUT2D eigenvalue weighted by molar-refractivity contribution is 7.80. The zero-order valence-corrected chi connectivity index (χ0v) is 12.3. The quantitative estimate of drug-likeness (QED) is 0.828. The van der Waals surface area contributed by atoms with Gasteiger partial charge in [0.1, 0.15) is 4.99 Å². The van der Waals surface area contributed by atoms with Crippen LogP contribution in [0.3, 0.4) is 0 Å². The van der Waals surface area contributed by atoms with Crippen LogP contribution in [-0.2, 0) is 6.54 Å². The van der Waals surface area contributed by atoms with E-state index in [1.807, 2.05) is 37.3 Å². The molecule has 0 saturated carbocycles. The van der Waals surface area contributed by atoms with Gasteiger partial charge in [0, 0.05) is 30.1 Å². The zero-order chi connectivity index (χ0) is 14.5. The number of hydrogen-bond acceptors (Lipinski definition) is 4. The summed E-state index contributed by atoms with van der Waals surface area (Å²) in [4.78, 5) is 4.47. The van der Waals surface area contributed by atoms with Gasteiger partial charge in [0.2, 0.25) is 5.88 Å². The van der Waals surface area contributed by atoms with Gasteiger partial charge in [0.15, 0.2) is 0 Å². The number of benzene rings is 1. The van der Waals surface area contributed by atoms with Gasteiger partial charge in [-0.15, -0.1) is 0 Å². The molecule has 0 aliphatic rings. The maximum absolute atomic E-state index is 5.74. The maximum Gasteiger partial charge on any atom is 0.213 e. The molecule has 0 aliphatic heterocycles. The van der Waals surface area contributed by atoms with E-state index in [-0.39, 0.29) is 0 Å². The molecule has 0 atom stereocenters. The second-order valence-electron chi connectivity index (χ2n) is 4.47. The lowest BCUT2D eigenvalue weighted by molar-refractivity contribution is 0.397. The van der Waals surface area contributed by atoms with E-state index >= 15 is 0 Å². The number of thiocarbonyl (C=S) groups is 1. The lowest BCUT2D eigenvalue weighted by Crippen LogP contribution is -2.13. The zero-order valence-electron chi connectivity index (χ0n) is 11.5. The molecule has 2 aromatic rings. The third-order valence-corrected chi connectivity index (χ3v) is 3.15. The summed E-state index contributed by atoms with van der Waals surface area (Å²) in [6, 6.07) is 9.80. The fourth-order valence-corrected chi connectivity index (χ4v) is 2.07. The average molecular weight is 287 g/mol. The maximum atomic E-state index is 5.74. The molecule has 0 radical (unpaired) electrons. The number of hydrogen-bond donors (Lipinski definition) is 2. The minimum Gasteiger partial charge on any atom is -0.481 e. The minimum absolute atomic E-state index is 0.389. The van der Waals surface area contributed by atoms with Crippen molar-refractivity contribution in [1.29, 1.82) is 0 Å².